The van der Waals surface area contributed by atoms with Crippen molar-refractivity contribution in [2.45, 2.75) is 32.9 Å². The Morgan fingerprint density at radius 3 is 2.74 bits per heavy atom. The first kappa shape index (κ1) is 13.5. The van der Waals surface area contributed by atoms with E-state index in [4.69, 9.17) is 0 Å². The third-order valence-electron chi connectivity index (χ3n) is 3.18. The maximum absolute atomic E-state index is 4.52. The van der Waals surface area contributed by atoms with Gasteiger partial charge in [0.05, 0.1) is 11.4 Å². The standard InChI is InChI=1S/C14H19N5/c1-4-14-16-8-5-12(18-14)9-19(3)11(2)13-6-7-15-10-17-13/h5-8,10-11H,4,9H2,1-3H3/t11-/m0/s1. The SMILES string of the molecule is CCc1nccc(CN(C)[C@@H](C)c2ccncn2)n1. The second-order valence-electron chi connectivity index (χ2n) is 4.54. The van der Waals surface area contributed by atoms with Gasteiger partial charge in [0.1, 0.15) is 12.2 Å². The lowest BCUT2D eigenvalue weighted by Crippen LogP contribution is -2.23. The van der Waals surface area contributed by atoms with Crippen LogP contribution in [0, 0.1) is 0 Å². The van der Waals surface area contributed by atoms with Gasteiger partial charge in [0, 0.05) is 31.4 Å². The Morgan fingerprint density at radius 2 is 2.05 bits per heavy atom. The summed E-state index contributed by atoms with van der Waals surface area (Å²) in [6, 6.07) is 4.13. The monoisotopic (exact) mass is 257 g/mol. The summed E-state index contributed by atoms with van der Waals surface area (Å²) >= 11 is 0. The van der Waals surface area contributed by atoms with E-state index in [-0.39, 0.29) is 6.04 Å². The van der Waals surface area contributed by atoms with E-state index < -0.39 is 0 Å². The molecule has 1 atom stereocenters. The molecular weight excluding hydrogens is 238 g/mol. The molecule has 0 fully saturated rings. The fourth-order valence-electron chi connectivity index (χ4n) is 1.87. The largest absolute Gasteiger partial charge is 0.292 e. The van der Waals surface area contributed by atoms with Gasteiger partial charge in [0.25, 0.3) is 0 Å². The molecule has 0 spiro atoms. The van der Waals surface area contributed by atoms with Crippen LogP contribution < -0.4 is 0 Å². The fraction of sp³-hybridized carbons (Fsp3) is 0.429. The molecule has 2 rings (SSSR count). The molecule has 0 unspecified atom stereocenters. The van der Waals surface area contributed by atoms with Crippen LogP contribution in [-0.4, -0.2) is 31.9 Å². The summed E-state index contributed by atoms with van der Waals surface area (Å²) in [5.74, 6) is 0.889. The van der Waals surface area contributed by atoms with E-state index in [2.05, 4.69) is 45.7 Å². The highest BCUT2D eigenvalue weighted by Crippen LogP contribution is 2.17. The molecule has 100 valence electrons. The van der Waals surface area contributed by atoms with Crippen molar-refractivity contribution >= 4 is 0 Å². The van der Waals surface area contributed by atoms with Gasteiger partial charge in [-0.2, -0.15) is 0 Å². The van der Waals surface area contributed by atoms with E-state index in [1.807, 2.05) is 18.3 Å². The van der Waals surface area contributed by atoms with Crippen molar-refractivity contribution in [2.24, 2.45) is 0 Å². The Morgan fingerprint density at radius 1 is 1.21 bits per heavy atom. The van der Waals surface area contributed by atoms with Crippen molar-refractivity contribution in [3.05, 3.63) is 48.1 Å². The predicted octanol–water partition coefficient (Wildman–Crippen LogP) is 2.02. The zero-order chi connectivity index (χ0) is 13.7. The van der Waals surface area contributed by atoms with E-state index in [1.165, 1.54) is 0 Å². The summed E-state index contributed by atoms with van der Waals surface area (Å²) in [4.78, 5) is 19.2. The van der Waals surface area contributed by atoms with Crippen LogP contribution in [0.4, 0.5) is 0 Å². The minimum absolute atomic E-state index is 0.225. The quantitative estimate of drug-likeness (QED) is 0.820. The molecule has 19 heavy (non-hydrogen) atoms. The Hall–Kier alpha value is -1.88. The first-order valence-electron chi connectivity index (χ1n) is 6.47. The second kappa shape index (κ2) is 6.33. The molecule has 2 aromatic heterocycles. The molecule has 0 radical (unpaired) electrons. The fourth-order valence-corrected chi connectivity index (χ4v) is 1.87. The first-order valence-corrected chi connectivity index (χ1v) is 6.47. The molecule has 0 saturated heterocycles. The average molecular weight is 257 g/mol. The van der Waals surface area contributed by atoms with Crippen molar-refractivity contribution < 1.29 is 0 Å². The normalized spacial score (nSPS) is 12.6. The van der Waals surface area contributed by atoms with Crippen LogP contribution in [0.3, 0.4) is 0 Å². The summed E-state index contributed by atoms with van der Waals surface area (Å²) in [6.07, 6.45) is 6.04. The van der Waals surface area contributed by atoms with E-state index >= 15 is 0 Å². The van der Waals surface area contributed by atoms with Crippen molar-refractivity contribution in [3.8, 4) is 0 Å². The molecular formula is C14H19N5. The van der Waals surface area contributed by atoms with Crippen molar-refractivity contribution in [2.75, 3.05) is 7.05 Å². The maximum atomic E-state index is 4.52. The van der Waals surface area contributed by atoms with Crippen LogP contribution in [0.2, 0.25) is 0 Å². The van der Waals surface area contributed by atoms with Gasteiger partial charge in [-0.1, -0.05) is 6.92 Å². The molecule has 0 aromatic carbocycles. The number of rotatable bonds is 5. The van der Waals surface area contributed by atoms with Crippen LogP contribution in [0.15, 0.2) is 30.9 Å². The molecule has 2 heterocycles. The lowest BCUT2D eigenvalue weighted by Gasteiger charge is -2.23. The van der Waals surface area contributed by atoms with Gasteiger partial charge in [0.15, 0.2) is 0 Å². The van der Waals surface area contributed by atoms with Gasteiger partial charge in [-0.3, -0.25) is 4.90 Å². The summed E-state index contributed by atoms with van der Waals surface area (Å²) in [5, 5.41) is 0. The molecule has 0 bridgehead atoms. The smallest absolute Gasteiger partial charge is 0.128 e. The van der Waals surface area contributed by atoms with Crippen molar-refractivity contribution in [1.82, 2.24) is 24.8 Å². The average Bonchev–Trinajstić information content (AvgIpc) is 2.47. The number of nitrogens with zero attached hydrogens (tertiary/aromatic N) is 5. The molecule has 5 nitrogen and oxygen atoms in total. The van der Waals surface area contributed by atoms with E-state index in [1.54, 1.807) is 12.5 Å². The van der Waals surface area contributed by atoms with Crippen LogP contribution >= 0.6 is 0 Å². The second-order valence-corrected chi connectivity index (χ2v) is 4.54. The summed E-state index contributed by atoms with van der Waals surface area (Å²) in [5.41, 5.74) is 2.05. The Balaban J connectivity index is 2.06. The van der Waals surface area contributed by atoms with Crippen LogP contribution in [-0.2, 0) is 13.0 Å². The van der Waals surface area contributed by atoms with Gasteiger partial charge in [-0.25, -0.2) is 19.9 Å². The zero-order valence-electron chi connectivity index (χ0n) is 11.6. The molecule has 0 aliphatic rings. The molecule has 0 aliphatic heterocycles. The summed E-state index contributed by atoms with van der Waals surface area (Å²) < 4.78 is 0. The minimum Gasteiger partial charge on any atom is -0.292 e. The van der Waals surface area contributed by atoms with E-state index in [9.17, 15) is 0 Å². The first-order chi connectivity index (χ1) is 9.20. The van der Waals surface area contributed by atoms with Gasteiger partial charge in [-0.05, 0) is 26.1 Å². The van der Waals surface area contributed by atoms with Crippen molar-refractivity contribution in [1.29, 1.82) is 0 Å². The molecule has 0 aliphatic carbocycles. The minimum atomic E-state index is 0.225. The molecule has 0 amide bonds. The molecule has 0 N–H and O–H groups in total. The number of aryl methyl sites for hydroxylation is 1. The maximum Gasteiger partial charge on any atom is 0.128 e. The highest BCUT2D eigenvalue weighted by molar-refractivity contribution is 5.06. The summed E-state index contributed by atoms with van der Waals surface area (Å²) in [6.45, 7) is 4.97. The number of hydrogen-bond acceptors (Lipinski definition) is 5. The van der Waals surface area contributed by atoms with Crippen LogP contribution in [0.25, 0.3) is 0 Å². The highest BCUT2D eigenvalue weighted by atomic mass is 15.1. The van der Waals surface area contributed by atoms with Crippen LogP contribution in [0.5, 0.6) is 0 Å². The van der Waals surface area contributed by atoms with Crippen molar-refractivity contribution in [3.63, 3.8) is 0 Å². The van der Waals surface area contributed by atoms with Gasteiger partial charge in [0.2, 0.25) is 0 Å². The van der Waals surface area contributed by atoms with Crippen LogP contribution in [0.1, 0.15) is 37.1 Å². The Kier molecular flexibility index (Phi) is 4.52. The van der Waals surface area contributed by atoms with E-state index in [0.29, 0.717) is 0 Å². The third kappa shape index (κ3) is 3.54. The number of aromatic nitrogens is 4. The predicted molar refractivity (Wildman–Crippen MR) is 73.3 cm³/mol. The Bertz CT molecular complexity index is 514. The Labute approximate surface area is 113 Å². The lowest BCUT2D eigenvalue weighted by molar-refractivity contribution is 0.245. The van der Waals surface area contributed by atoms with Gasteiger partial charge < -0.3 is 0 Å². The van der Waals surface area contributed by atoms with E-state index in [0.717, 1.165) is 30.2 Å². The summed E-state index contributed by atoms with van der Waals surface area (Å²) in [7, 11) is 2.07. The van der Waals surface area contributed by atoms with Gasteiger partial charge >= 0.3 is 0 Å². The van der Waals surface area contributed by atoms with Gasteiger partial charge in [-0.15, -0.1) is 0 Å². The molecule has 2 aromatic rings. The topological polar surface area (TPSA) is 54.8 Å². The zero-order valence-corrected chi connectivity index (χ0v) is 11.6. The molecule has 5 heteroatoms. The highest BCUT2D eigenvalue weighted by Gasteiger charge is 2.13. The third-order valence-corrected chi connectivity index (χ3v) is 3.18. The number of hydrogen-bond donors (Lipinski definition) is 0. The lowest BCUT2D eigenvalue weighted by atomic mass is 10.2. The molecule has 0 saturated carbocycles.